The number of hydrogen-bond donors (Lipinski definition) is 1. The Labute approximate surface area is 244 Å². The molecule has 3 heteroatoms. The summed E-state index contributed by atoms with van der Waals surface area (Å²) in [6.07, 6.45) is 35.5. The Bertz CT molecular complexity index is 1600. The van der Waals surface area contributed by atoms with E-state index in [9.17, 15) is 0 Å². The predicted octanol–water partition coefficient (Wildman–Crippen LogP) is 8.84. The lowest BCUT2D eigenvalue weighted by Crippen LogP contribution is -2.35. The molecule has 1 aromatic rings. The smallest absolute Gasteiger partial charge is 0.0629 e. The van der Waals surface area contributed by atoms with Crippen molar-refractivity contribution in [1.82, 2.24) is 9.88 Å². The fourth-order valence-electron chi connectivity index (χ4n) is 7.96. The van der Waals surface area contributed by atoms with E-state index in [0.29, 0.717) is 5.92 Å². The van der Waals surface area contributed by atoms with E-state index >= 15 is 0 Å². The van der Waals surface area contributed by atoms with Crippen molar-refractivity contribution in [1.29, 1.82) is 5.41 Å². The van der Waals surface area contributed by atoms with Gasteiger partial charge in [0, 0.05) is 47.0 Å². The molecule has 1 N–H and O–H groups in total. The summed E-state index contributed by atoms with van der Waals surface area (Å²) in [6.45, 7) is 6.90. The second-order valence-electron chi connectivity index (χ2n) is 12.4. The van der Waals surface area contributed by atoms with Gasteiger partial charge in [-0.05, 0) is 71.3 Å². The molecule has 0 fully saturated rings. The van der Waals surface area contributed by atoms with Crippen LogP contribution in [0, 0.1) is 22.7 Å². The first-order valence-electron chi connectivity index (χ1n) is 15.3. The predicted molar refractivity (Wildman–Crippen MR) is 169 cm³/mol. The van der Waals surface area contributed by atoms with Crippen LogP contribution in [0.2, 0.25) is 0 Å². The zero-order chi connectivity index (χ0) is 28.1. The van der Waals surface area contributed by atoms with Gasteiger partial charge in [0.1, 0.15) is 0 Å². The Morgan fingerprint density at radius 3 is 2.73 bits per heavy atom. The van der Waals surface area contributed by atoms with E-state index in [1.165, 1.54) is 39.3 Å². The quantitative estimate of drug-likeness (QED) is 0.390. The topological polar surface area (TPSA) is 40.0 Å². The third kappa shape index (κ3) is 4.01. The van der Waals surface area contributed by atoms with Gasteiger partial charge in [0.15, 0.2) is 0 Å². The van der Waals surface area contributed by atoms with Crippen molar-refractivity contribution in [2.45, 2.75) is 58.4 Å². The van der Waals surface area contributed by atoms with Gasteiger partial charge in [0.05, 0.1) is 11.7 Å². The molecule has 2 heterocycles. The van der Waals surface area contributed by atoms with Crippen LogP contribution < -0.4 is 0 Å². The Hall–Kier alpha value is -3.98. The van der Waals surface area contributed by atoms with E-state index in [1.807, 2.05) is 12.3 Å². The van der Waals surface area contributed by atoms with Gasteiger partial charge in [0.25, 0.3) is 0 Å². The van der Waals surface area contributed by atoms with Gasteiger partial charge in [-0.25, -0.2) is 0 Å². The zero-order valence-corrected chi connectivity index (χ0v) is 24.3. The van der Waals surface area contributed by atoms with Crippen molar-refractivity contribution in [3.05, 3.63) is 148 Å². The van der Waals surface area contributed by atoms with E-state index in [2.05, 4.69) is 111 Å². The molecule has 3 nitrogen and oxygen atoms in total. The molecule has 6 aliphatic rings. The van der Waals surface area contributed by atoms with Gasteiger partial charge >= 0.3 is 0 Å². The summed E-state index contributed by atoms with van der Waals surface area (Å²) >= 11 is 0. The highest BCUT2D eigenvalue weighted by atomic mass is 15.2. The molecule has 0 aromatic carbocycles. The van der Waals surface area contributed by atoms with Gasteiger partial charge in [-0.3, -0.25) is 4.98 Å². The maximum absolute atomic E-state index is 8.65. The molecule has 4 atom stereocenters. The van der Waals surface area contributed by atoms with E-state index in [4.69, 9.17) is 10.4 Å². The monoisotopic (exact) mass is 537 g/mol. The number of nitrogens with one attached hydrogen (secondary N) is 1. The van der Waals surface area contributed by atoms with Crippen molar-refractivity contribution in [2.75, 3.05) is 0 Å². The lowest BCUT2D eigenvalue weighted by atomic mass is 9.67. The van der Waals surface area contributed by atoms with Gasteiger partial charge in [0.2, 0.25) is 0 Å². The van der Waals surface area contributed by atoms with E-state index < -0.39 is 0 Å². The fraction of sp³-hybridized carbons (Fsp3) is 0.316. The summed E-state index contributed by atoms with van der Waals surface area (Å²) in [5, 5.41) is 8.65. The Morgan fingerprint density at radius 1 is 1.07 bits per heavy atom. The summed E-state index contributed by atoms with van der Waals surface area (Å²) in [5.74, 6) is 0.742. The average molecular weight is 538 g/mol. The first-order valence-corrected chi connectivity index (χ1v) is 15.3. The molecule has 0 amide bonds. The number of hydrogen-bond acceptors (Lipinski definition) is 3. The maximum Gasteiger partial charge on any atom is 0.0629 e. The molecular formula is C38H39N3. The SMILES string of the molecule is CC/C1=C(\C=N)C(C)(C)C2C=CC=CC(=C2)C2=C1C1C=CC=CC1N2C1=CCC(c2ccccn2)C2=C1CCC=C2. The van der Waals surface area contributed by atoms with E-state index in [-0.39, 0.29) is 23.3 Å². The van der Waals surface area contributed by atoms with Crippen LogP contribution in [0.3, 0.4) is 0 Å². The van der Waals surface area contributed by atoms with Crippen LogP contribution in [0.15, 0.2) is 142 Å². The fourth-order valence-corrected chi connectivity index (χ4v) is 7.96. The molecule has 206 valence electrons. The molecule has 1 aliphatic heterocycles. The first kappa shape index (κ1) is 26.0. The van der Waals surface area contributed by atoms with Crippen molar-refractivity contribution < 1.29 is 0 Å². The summed E-state index contributed by atoms with van der Waals surface area (Å²) in [4.78, 5) is 7.46. The molecule has 5 aliphatic carbocycles. The highest BCUT2D eigenvalue weighted by Gasteiger charge is 2.46. The minimum absolute atomic E-state index is 0.180. The normalized spacial score (nSPS) is 31.1. The minimum Gasteiger partial charge on any atom is -0.333 e. The third-order valence-corrected chi connectivity index (χ3v) is 9.99. The highest BCUT2D eigenvalue weighted by molar-refractivity contribution is 5.82. The third-order valence-electron chi connectivity index (χ3n) is 9.99. The summed E-state index contributed by atoms with van der Waals surface area (Å²) in [7, 11) is 0. The second kappa shape index (κ2) is 10.1. The number of pyridine rings is 1. The zero-order valence-electron chi connectivity index (χ0n) is 24.3. The van der Waals surface area contributed by atoms with Crippen LogP contribution >= 0.6 is 0 Å². The molecule has 0 saturated heterocycles. The molecule has 41 heavy (non-hydrogen) atoms. The number of nitrogens with zero attached hydrogens (tertiary/aromatic N) is 2. The average Bonchev–Trinajstić information content (AvgIpc) is 3.14. The molecular weight excluding hydrogens is 498 g/mol. The van der Waals surface area contributed by atoms with E-state index in [0.717, 1.165) is 37.0 Å². The summed E-state index contributed by atoms with van der Waals surface area (Å²) < 4.78 is 0. The standard InChI is InChI=1S/C38H39N3/c1-4-27-32(24-39)38(2,3)26-14-6-5-13-25(23-26)37-36(27)31-17-9-10-19-34(31)41(37)35-21-20-29(33-18-11-12-22-40-33)28-15-7-8-16-30(28)35/h5-7,9-15,17-19,21-24,26,29,31,34,39H,4,8,16,20H2,1-3H3/b32-27-,39-24?. The van der Waals surface area contributed by atoms with Gasteiger partial charge in [-0.15, -0.1) is 0 Å². The number of allylic oxidation sites excluding steroid dienone is 14. The van der Waals surface area contributed by atoms with Crippen molar-refractivity contribution in [3.63, 3.8) is 0 Å². The van der Waals surface area contributed by atoms with Gasteiger partial charge in [-0.1, -0.05) is 99.7 Å². The first-order chi connectivity index (χ1) is 20.0. The molecule has 7 rings (SSSR count). The molecule has 2 bridgehead atoms. The van der Waals surface area contributed by atoms with Gasteiger partial charge in [-0.2, -0.15) is 0 Å². The van der Waals surface area contributed by atoms with Crippen molar-refractivity contribution in [2.24, 2.45) is 17.3 Å². The molecule has 4 unspecified atom stereocenters. The largest absolute Gasteiger partial charge is 0.333 e. The van der Waals surface area contributed by atoms with Crippen LogP contribution in [0.25, 0.3) is 0 Å². The van der Waals surface area contributed by atoms with E-state index in [1.54, 1.807) is 6.21 Å². The van der Waals surface area contributed by atoms with Crippen LogP contribution in [0.4, 0.5) is 0 Å². The van der Waals surface area contributed by atoms with Crippen LogP contribution in [0.5, 0.6) is 0 Å². The Morgan fingerprint density at radius 2 is 1.93 bits per heavy atom. The molecule has 0 saturated carbocycles. The summed E-state index contributed by atoms with van der Waals surface area (Å²) in [5.41, 5.74) is 11.8. The van der Waals surface area contributed by atoms with Crippen molar-refractivity contribution in [3.8, 4) is 0 Å². The second-order valence-corrected chi connectivity index (χ2v) is 12.4. The molecule has 0 spiro atoms. The van der Waals surface area contributed by atoms with Crippen molar-refractivity contribution >= 4 is 6.21 Å². The Kier molecular flexibility index (Phi) is 6.42. The van der Waals surface area contributed by atoms with Crippen LogP contribution in [-0.4, -0.2) is 22.1 Å². The minimum atomic E-state index is -0.180. The van der Waals surface area contributed by atoms with Crippen LogP contribution in [-0.2, 0) is 0 Å². The Balaban J connectivity index is 1.48. The number of aromatic nitrogens is 1. The maximum atomic E-state index is 8.65. The lowest BCUT2D eigenvalue weighted by Gasteiger charge is -2.39. The molecule has 0 radical (unpaired) electrons. The highest BCUT2D eigenvalue weighted by Crippen LogP contribution is 2.54. The lowest BCUT2D eigenvalue weighted by molar-refractivity contribution is 0.366. The van der Waals surface area contributed by atoms with Gasteiger partial charge < -0.3 is 10.3 Å². The molecule has 1 aromatic heterocycles. The number of fused-ring (bicyclic) bond motifs is 4. The summed E-state index contributed by atoms with van der Waals surface area (Å²) in [6, 6.07) is 6.51. The van der Waals surface area contributed by atoms with Crippen LogP contribution in [0.1, 0.15) is 58.1 Å². The number of rotatable bonds is 4.